The second-order valence-corrected chi connectivity index (χ2v) is 3.01. The van der Waals surface area contributed by atoms with E-state index >= 15 is 0 Å². The van der Waals surface area contributed by atoms with Crippen LogP contribution >= 0.6 is 0 Å². The first kappa shape index (κ1) is 12.5. The van der Waals surface area contributed by atoms with Crippen LogP contribution < -0.4 is 0 Å². The molecule has 1 aromatic heterocycles. The molecule has 0 spiro atoms. The minimum atomic E-state index is -2.99. The lowest BCUT2D eigenvalue weighted by atomic mass is 10.1. The first-order chi connectivity index (χ1) is 7.49. The Hall–Kier alpha value is -1.59. The summed E-state index contributed by atoms with van der Waals surface area (Å²) in [6, 6.07) is 0. The molecule has 88 valence electrons. The number of aromatic nitrogens is 1. The van der Waals surface area contributed by atoms with Crippen LogP contribution in [0.5, 0.6) is 0 Å². The Bertz CT molecular complexity index is 407. The number of hydrogen-bond donors (Lipinski definition) is 0. The van der Waals surface area contributed by atoms with E-state index in [1.807, 2.05) is 0 Å². The molecule has 0 aliphatic heterocycles. The lowest BCUT2D eigenvalue weighted by Crippen LogP contribution is -2.12. The van der Waals surface area contributed by atoms with Crippen LogP contribution in [-0.4, -0.2) is 17.6 Å². The van der Waals surface area contributed by atoms with Crippen molar-refractivity contribution in [2.45, 2.75) is 20.3 Å². The molecule has 0 fully saturated rings. The normalized spacial score (nSPS) is 10.6. The number of nitrogens with zero attached hydrogens (tertiary/aromatic N) is 1. The number of alkyl halides is 2. The summed E-state index contributed by atoms with van der Waals surface area (Å²) in [7, 11) is 0. The molecule has 1 rings (SSSR count). The van der Waals surface area contributed by atoms with E-state index in [9.17, 15) is 18.0 Å². The Morgan fingerprint density at radius 3 is 2.69 bits per heavy atom. The average molecular weight is 233 g/mol. The second-order valence-electron chi connectivity index (χ2n) is 3.01. The van der Waals surface area contributed by atoms with E-state index in [-0.39, 0.29) is 17.9 Å². The van der Waals surface area contributed by atoms with Gasteiger partial charge in [-0.05, 0) is 19.4 Å². The van der Waals surface area contributed by atoms with Gasteiger partial charge in [-0.2, -0.15) is 0 Å². The van der Waals surface area contributed by atoms with Crippen molar-refractivity contribution < 1.29 is 22.7 Å². The van der Waals surface area contributed by atoms with E-state index in [0.717, 1.165) is 0 Å². The minimum absolute atomic E-state index is 0.0986. The number of pyridine rings is 1. The fourth-order valence-electron chi connectivity index (χ4n) is 1.27. The highest BCUT2D eigenvalue weighted by Gasteiger charge is 2.23. The molecule has 0 unspecified atom stereocenters. The molecule has 6 heteroatoms. The van der Waals surface area contributed by atoms with Crippen molar-refractivity contribution in [3.63, 3.8) is 0 Å². The van der Waals surface area contributed by atoms with Crippen molar-refractivity contribution in [3.05, 3.63) is 28.8 Å². The summed E-state index contributed by atoms with van der Waals surface area (Å²) < 4.78 is 42.6. The summed E-state index contributed by atoms with van der Waals surface area (Å²) in [6.45, 7) is 2.88. The molecule has 1 aromatic rings. The molecule has 0 bridgehead atoms. The largest absolute Gasteiger partial charge is 0.461 e. The Balaban J connectivity index is 3.23. The predicted molar refractivity (Wildman–Crippen MR) is 49.8 cm³/mol. The molecule has 0 saturated heterocycles. The van der Waals surface area contributed by atoms with Crippen LogP contribution in [0.1, 0.15) is 35.0 Å². The molecule has 0 amide bonds. The SMILES string of the molecule is CCOC(=O)c1ncc(F)c(C(F)F)c1C. The van der Waals surface area contributed by atoms with Crippen LogP contribution in [0, 0.1) is 12.7 Å². The molecular formula is C10H10F3NO2. The molecule has 0 atom stereocenters. The van der Waals surface area contributed by atoms with E-state index in [1.54, 1.807) is 6.92 Å². The zero-order valence-corrected chi connectivity index (χ0v) is 8.76. The van der Waals surface area contributed by atoms with E-state index < -0.39 is 23.8 Å². The molecule has 16 heavy (non-hydrogen) atoms. The molecule has 3 nitrogen and oxygen atoms in total. The van der Waals surface area contributed by atoms with Crippen LogP contribution in [0.25, 0.3) is 0 Å². The zero-order chi connectivity index (χ0) is 12.3. The van der Waals surface area contributed by atoms with Crippen molar-refractivity contribution in [1.82, 2.24) is 4.98 Å². The van der Waals surface area contributed by atoms with E-state index in [4.69, 9.17) is 0 Å². The Morgan fingerprint density at radius 1 is 1.56 bits per heavy atom. The maximum Gasteiger partial charge on any atom is 0.357 e. The van der Waals surface area contributed by atoms with E-state index in [2.05, 4.69) is 9.72 Å². The quantitative estimate of drug-likeness (QED) is 0.753. The van der Waals surface area contributed by atoms with Gasteiger partial charge in [0.2, 0.25) is 0 Å². The van der Waals surface area contributed by atoms with Gasteiger partial charge in [0.05, 0.1) is 18.4 Å². The number of hydrogen-bond acceptors (Lipinski definition) is 3. The monoisotopic (exact) mass is 233 g/mol. The van der Waals surface area contributed by atoms with Gasteiger partial charge in [-0.1, -0.05) is 0 Å². The fourth-order valence-corrected chi connectivity index (χ4v) is 1.27. The van der Waals surface area contributed by atoms with Gasteiger partial charge < -0.3 is 4.74 Å². The third-order valence-corrected chi connectivity index (χ3v) is 2.01. The fraction of sp³-hybridized carbons (Fsp3) is 0.400. The molecule has 0 saturated carbocycles. The van der Waals surface area contributed by atoms with E-state index in [1.165, 1.54) is 6.92 Å². The maximum atomic E-state index is 13.0. The van der Waals surface area contributed by atoms with Crippen LogP contribution in [-0.2, 0) is 4.74 Å². The number of carbonyl (C=O) groups excluding carboxylic acids is 1. The standard InChI is InChI=1S/C10H10F3NO2/c1-3-16-10(15)8-5(2)7(9(12)13)6(11)4-14-8/h4,9H,3H2,1-2H3. The number of esters is 1. The summed E-state index contributed by atoms with van der Waals surface area (Å²) in [4.78, 5) is 14.8. The molecule has 0 N–H and O–H groups in total. The third-order valence-electron chi connectivity index (χ3n) is 2.01. The smallest absolute Gasteiger partial charge is 0.357 e. The van der Waals surface area contributed by atoms with Crippen LogP contribution in [0.3, 0.4) is 0 Å². The van der Waals surface area contributed by atoms with Crippen molar-refractivity contribution in [2.75, 3.05) is 6.61 Å². The molecule has 0 radical (unpaired) electrons. The number of carbonyl (C=O) groups is 1. The number of ether oxygens (including phenoxy) is 1. The van der Waals surface area contributed by atoms with Gasteiger partial charge in [0.1, 0.15) is 0 Å². The molecular weight excluding hydrogens is 223 g/mol. The maximum absolute atomic E-state index is 13.0. The molecule has 0 aromatic carbocycles. The van der Waals surface area contributed by atoms with Gasteiger partial charge in [0.15, 0.2) is 11.5 Å². The molecule has 1 heterocycles. The Kier molecular flexibility index (Phi) is 3.87. The van der Waals surface area contributed by atoms with Crippen LogP contribution in [0.2, 0.25) is 0 Å². The lowest BCUT2D eigenvalue weighted by molar-refractivity contribution is 0.0517. The van der Waals surface area contributed by atoms with Crippen molar-refractivity contribution in [1.29, 1.82) is 0 Å². The summed E-state index contributed by atoms with van der Waals surface area (Å²) in [5, 5.41) is 0. The Labute approximate surface area is 90.2 Å². The highest BCUT2D eigenvalue weighted by Crippen LogP contribution is 2.26. The van der Waals surface area contributed by atoms with Gasteiger partial charge in [-0.15, -0.1) is 0 Å². The predicted octanol–water partition coefficient (Wildman–Crippen LogP) is 2.64. The van der Waals surface area contributed by atoms with Gasteiger partial charge in [-0.25, -0.2) is 22.9 Å². The van der Waals surface area contributed by atoms with E-state index in [0.29, 0.717) is 6.20 Å². The molecule has 0 aliphatic carbocycles. The summed E-state index contributed by atoms with van der Waals surface area (Å²) in [6.07, 6.45) is -2.39. The van der Waals surface area contributed by atoms with Gasteiger partial charge in [-0.3, -0.25) is 0 Å². The Morgan fingerprint density at radius 2 is 2.19 bits per heavy atom. The average Bonchev–Trinajstić information content (AvgIpc) is 2.17. The van der Waals surface area contributed by atoms with Crippen molar-refractivity contribution in [2.24, 2.45) is 0 Å². The van der Waals surface area contributed by atoms with Crippen molar-refractivity contribution in [3.8, 4) is 0 Å². The van der Waals surface area contributed by atoms with Crippen molar-refractivity contribution >= 4 is 5.97 Å². The zero-order valence-electron chi connectivity index (χ0n) is 8.76. The summed E-state index contributed by atoms with van der Waals surface area (Å²) >= 11 is 0. The van der Waals surface area contributed by atoms with Gasteiger partial charge >= 0.3 is 5.97 Å². The van der Waals surface area contributed by atoms with Crippen LogP contribution in [0.15, 0.2) is 6.20 Å². The topological polar surface area (TPSA) is 39.2 Å². The molecule has 0 aliphatic rings. The first-order valence-corrected chi connectivity index (χ1v) is 4.59. The van der Waals surface area contributed by atoms with Crippen LogP contribution in [0.4, 0.5) is 13.2 Å². The minimum Gasteiger partial charge on any atom is -0.461 e. The first-order valence-electron chi connectivity index (χ1n) is 4.59. The highest BCUT2D eigenvalue weighted by molar-refractivity contribution is 5.89. The van der Waals surface area contributed by atoms with Gasteiger partial charge in [0, 0.05) is 0 Å². The van der Waals surface area contributed by atoms with Gasteiger partial charge in [0.25, 0.3) is 6.43 Å². The highest BCUT2D eigenvalue weighted by atomic mass is 19.3. The summed E-state index contributed by atoms with van der Waals surface area (Å²) in [5.74, 6) is -1.96. The number of rotatable bonds is 3. The second kappa shape index (κ2) is 4.96. The summed E-state index contributed by atoms with van der Waals surface area (Å²) in [5.41, 5.74) is -1.27. The third kappa shape index (κ3) is 2.32. The number of halogens is 3. The lowest BCUT2D eigenvalue weighted by Gasteiger charge is -2.09.